The highest BCUT2D eigenvalue weighted by Crippen LogP contribution is 2.46. The predicted octanol–water partition coefficient (Wildman–Crippen LogP) is 4.50. The van der Waals surface area contributed by atoms with Crippen LogP contribution in [-0.4, -0.2) is 57.7 Å². The number of halogens is 2. The van der Waals surface area contributed by atoms with Gasteiger partial charge in [-0.3, -0.25) is 4.79 Å². The monoisotopic (exact) mass is 523 g/mol. The van der Waals surface area contributed by atoms with Crippen LogP contribution in [0.3, 0.4) is 0 Å². The molecule has 1 fully saturated rings. The average Bonchev–Trinajstić information content (AvgIpc) is 2.80. The number of carboxylic acid groups (broad SMARTS) is 1. The van der Waals surface area contributed by atoms with Gasteiger partial charge in [0.1, 0.15) is 0 Å². The molecule has 2 aromatic carbocycles. The number of nitrogens with zero attached hydrogens (tertiary/aromatic N) is 2. The van der Waals surface area contributed by atoms with Crippen molar-refractivity contribution in [1.29, 1.82) is 0 Å². The second-order valence-electron chi connectivity index (χ2n) is 9.70. The Hall–Kier alpha value is -2.32. The smallest absolute Gasteiger partial charge is 0.407 e. The van der Waals surface area contributed by atoms with Crippen LogP contribution in [0.1, 0.15) is 44.2 Å². The van der Waals surface area contributed by atoms with Gasteiger partial charge in [0.15, 0.2) is 0 Å². The molecule has 2 aromatic rings. The largest absolute Gasteiger partial charge is 0.465 e. The number of piperidine rings is 1. The van der Waals surface area contributed by atoms with Crippen LogP contribution < -0.4 is 5.73 Å². The minimum absolute atomic E-state index is 0. The number of carbonyl (C=O) groups excluding carboxylic acids is 1. The Kier molecular flexibility index (Phi) is 9.98. The first-order valence-electron chi connectivity index (χ1n) is 11.6. The average molecular weight is 524 g/mol. The van der Waals surface area contributed by atoms with Crippen molar-refractivity contribution >= 4 is 36.0 Å². The van der Waals surface area contributed by atoms with Crippen molar-refractivity contribution in [2.75, 3.05) is 19.6 Å². The molecule has 1 aliphatic rings. The van der Waals surface area contributed by atoms with Crippen molar-refractivity contribution < 1.29 is 19.8 Å². The van der Waals surface area contributed by atoms with Crippen LogP contribution in [0.4, 0.5) is 4.79 Å². The highest BCUT2D eigenvalue weighted by molar-refractivity contribution is 6.30. The van der Waals surface area contributed by atoms with Gasteiger partial charge in [0.2, 0.25) is 5.91 Å². The van der Waals surface area contributed by atoms with Gasteiger partial charge in [-0.05, 0) is 42.5 Å². The van der Waals surface area contributed by atoms with Crippen molar-refractivity contribution in [3.8, 4) is 0 Å². The maximum Gasteiger partial charge on any atom is 0.407 e. The number of carbonyl (C=O) groups is 2. The lowest BCUT2D eigenvalue weighted by atomic mass is 9.66. The summed E-state index contributed by atoms with van der Waals surface area (Å²) < 4.78 is 0. The molecule has 2 amide bonds. The van der Waals surface area contributed by atoms with Crippen LogP contribution in [0.2, 0.25) is 5.02 Å². The standard InChI is InChI=1S/C26H34ClN3O4.ClH/c1-25(2)18-30(16-14-26(25,34)20-10-12-21(27)13-11-20)23(31)22(28)9-6-15-29(24(32)33)17-19-7-4-3-5-8-19;/h3-5,7-8,10-13,22,34H,6,9,14-18,28H2,1-2H3,(H,32,33);1H/t22-,26+;/m1./s1. The number of likely N-dealkylation sites (tertiary alicyclic amines) is 1. The normalized spacial score (nSPS) is 20.0. The Morgan fingerprint density at radius 3 is 2.34 bits per heavy atom. The molecule has 3 rings (SSSR count). The zero-order valence-corrected chi connectivity index (χ0v) is 21.8. The summed E-state index contributed by atoms with van der Waals surface area (Å²) in [6.07, 6.45) is 0.264. The van der Waals surface area contributed by atoms with Crippen LogP contribution in [0.5, 0.6) is 0 Å². The van der Waals surface area contributed by atoms with E-state index in [1.807, 2.05) is 56.3 Å². The van der Waals surface area contributed by atoms with Crippen LogP contribution >= 0.6 is 24.0 Å². The third-order valence-electron chi connectivity index (χ3n) is 6.83. The van der Waals surface area contributed by atoms with Crippen molar-refractivity contribution in [1.82, 2.24) is 9.80 Å². The van der Waals surface area contributed by atoms with Gasteiger partial charge in [-0.15, -0.1) is 12.4 Å². The minimum atomic E-state index is -1.09. The van der Waals surface area contributed by atoms with E-state index in [9.17, 15) is 19.8 Å². The van der Waals surface area contributed by atoms with Gasteiger partial charge in [-0.25, -0.2) is 4.79 Å². The van der Waals surface area contributed by atoms with Crippen molar-refractivity contribution in [2.45, 2.75) is 51.3 Å². The molecule has 2 atom stereocenters. The van der Waals surface area contributed by atoms with E-state index in [0.717, 1.165) is 11.1 Å². The number of hydrogen-bond donors (Lipinski definition) is 3. The molecule has 0 spiro atoms. The highest BCUT2D eigenvalue weighted by atomic mass is 35.5. The fourth-order valence-electron chi connectivity index (χ4n) is 4.68. The van der Waals surface area contributed by atoms with Gasteiger partial charge in [0, 0.05) is 36.6 Å². The number of hydrogen-bond acceptors (Lipinski definition) is 4. The first kappa shape index (κ1) is 28.9. The lowest BCUT2D eigenvalue weighted by molar-refractivity contribution is -0.154. The second kappa shape index (κ2) is 12.1. The number of aliphatic hydroxyl groups is 1. The first-order valence-corrected chi connectivity index (χ1v) is 12.0. The van der Waals surface area contributed by atoms with Crippen LogP contribution in [0.25, 0.3) is 0 Å². The van der Waals surface area contributed by atoms with Crippen LogP contribution in [-0.2, 0) is 16.9 Å². The molecule has 4 N–H and O–H groups in total. The molecule has 0 unspecified atom stereocenters. The van der Waals surface area contributed by atoms with E-state index in [1.165, 1.54) is 4.90 Å². The van der Waals surface area contributed by atoms with Gasteiger partial charge in [0.05, 0.1) is 11.6 Å². The van der Waals surface area contributed by atoms with E-state index in [1.54, 1.807) is 17.0 Å². The first-order chi connectivity index (χ1) is 16.0. The molecule has 35 heavy (non-hydrogen) atoms. The van der Waals surface area contributed by atoms with Gasteiger partial charge < -0.3 is 25.7 Å². The summed E-state index contributed by atoms with van der Waals surface area (Å²) in [5, 5.41) is 21.6. The topological polar surface area (TPSA) is 107 Å². The summed E-state index contributed by atoms with van der Waals surface area (Å²) in [7, 11) is 0. The maximum absolute atomic E-state index is 13.1. The molecule has 0 aromatic heterocycles. The molecule has 1 heterocycles. The van der Waals surface area contributed by atoms with E-state index in [4.69, 9.17) is 17.3 Å². The van der Waals surface area contributed by atoms with Crippen LogP contribution in [0.15, 0.2) is 54.6 Å². The third-order valence-corrected chi connectivity index (χ3v) is 7.08. The molecule has 0 aliphatic carbocycles. The summed E-state index contributed by atoms with van der Waals surface area (Å²) >= 11 is 6.00. The zero-order valence-electron chi connectivity index (χ0n) is 20.2. The predicted molar refractivity (Wildman–Crippen MR) is 140 cm³/mol. The van der Waals surface area contributed by atoms with E-state index in [2.05, 4.69) is 0 Å². The molecule has 192 valence electrons. The van der Waals surface area contributed by atoms with Crippen LogP contribution in [0, 0.1) is 5.41 Å². The van der Waals surface area contributed by atoms with Gasteiger partial charge in [-0.2, -0.15) is 0 Å². The number of amides is 2. The molecular weight excluding hydrogens is 489 g/mol. The molecule has 9 heteroatoms. The Morgan fingerprint density at radius 1 is 1.14 bits per heavy atom. The number of rotatable bonds is 8. The third kappa shape index (κ3) is 6.88. The molecule has 1 saturated heterocycles. The van der Waals surface area contributed by atoms with Crippen molar-refractivity contribution in [3.05, 3.63) is 70.7 Å². The fourth-order valence-corrected chi connectivity index (χ4v) is 4.80. The molecule has 0 radical (unpaired) electrons. The lowest BCUT2D eigenvalue weighted by Gasteiger charge is -2.51. The Bertz CT molecular complexity index is 988. The molecule has 7 nitrogen and oxygen atoms in total. The van der Waals surface area contributed by atoms with Gasteiger partial charge >= 0.3 is 6.09 Å². The molecular formula is C26H35Cl2N3O4. The summed E-state index contributed by atoms with van der Waals surface area (Å²) in [4.78, 5) is 27.7. The summed E-state index contributed by atoms with van der Waals surface area (Å²) in [6.45, 7) is 5.25. The highest BCUT2D eigenvalue weighted by Gasteiger charge is 2.49. The van der Waals surface area contributed by atoms with E-state index < -0.39 is 23.2 Å². The summed E-state index contributed by atoms with van der Waals surface area (Å²) in [5.74, 6) is -0.170. The van der Waals surface area contributed by atoms with Gasteiger partial charge in [0.25, 0.3) is 0 Å². The quantitative estimate of drug-likeness (QED) is 0.472. The Balaban J connectivity index is 0.00000432. The van der Waals surface area contributed by atoms with E-state index in [0.29, 0.717) is 50.5 Å². The summed E-state index contributed by atoms with van der Waals surface area (Å²) in [6, 6.07) is 15.9. The SMILES string of the molecule is CC1(C)CN(C(=O)[C@H](N)CCCN(Cc2ccccc2)C(=O)O)CC[C@]1(O)c1ccc(Cl)cc1.Cl. The molecule has 1 aliphatic heterocycles. The maximum atomic E-state index is 13.1. The fraction of sp³-hybridized carbons (Fsp3) is 0.462. The van der Waals surface area contributed by atoms with Crippen molar-refractivity contribution in [2.24, 2.45) is 11.1 Å². The number of benzene rings is 2. The van der Waals surface area contributed by atoms with Crippen molar-refractivity contribution in [3.63, 3.8) is 0 Å². The summed E-state index contributed by atoms with van der Waals surface area (Å²) in [5.41, 5.74) is 6.23. The second-order valence-corrected chi connectivity index (χ2v) is 10.1. The van der Waals surface area contributed by atoms with E-state index in [-0.39, 0.29) is 18.3 Å². The van der Waals surface area contributed by atoms with E-state index >= 15 is 0 Å². The lowest BCUT2D eigenvalue weighted by Crippen LogP contribution is -2.59. The number of nitrogens with two attached hydrogens (primary N) is 1. The minimum Gasteiger partial charge on any atom is -0.465 e. The zero-order chi connectivity index (χ0) is 24.9. The van der Waals surface area contributed by atoms with Gasteiger partial charge in [-0.1, -0.05) is 67.9 Å². The Morgan fingerprint density at radius 2 is 1.77 bits per heavy atom. The Labute approximate surface area is 218 Å². The molecule has 0 bridgehead atoms. The molecule has 0 saturated carbocycles.